The van der Waals surface area contributed by atoms with Gasteiger partial charge >= 0.3 is 0 Å². The Kier molecular flexibility index (Phi) is 9.82. The standard InChI is InChI=1S/C28H29ClF3N5S/c1-33-28(21-6-3-7-24(27(21)32)36-38-25-16-19(30)8-9-23(25)31)22(18-5-4-12-34-26(29)15-18)17-35-20-10-13-37(2)14-11-20/h3-4,6-9,12,15-17,20,22,36H,5,10-11,13-14H2,1-2H3. The first-order chi connectivity index (χ1) is 18.4. The molecule has 1 saturated heterocycles. The van der Waals surface area contributed by atoms with Crippen molar-refractivity contribution in [3.63, 3.8) is 0 Å². The fraction of sp³-hybridized carbons (Fsp3) is 0.321. The molecule has 0 amide bonds. The van der Waals surface area contributed by atoms with E-state index < -0.39 is 23.4 Å². The van der Waals surface area contributed by atoms with Crippen LogP contribution in [-0.2, 0) is 0 Å². The average molecular weight is 560 g/mol. The molecule has 2 aliphatic rings. The molecule has 2 aromatic carbocycles. The summed E-state index contributed by atoms with van der Waals surface area (Å²) < 4.78 is 46.3. The van der Waals surface area contributed by atoms with Gasteiger partial charge in [-0.3, -0.25) is 9.98 Å². The third-order valence-electron chi connectivity index (χ3n) is 6.47. The third kappa shape index (κ3) is 7.15. The minimum atomic E-state index is -0.603. The zero-order chi connectivity index (χ0) is 27.1. The quantitative estimate of drug-likeness (QED) is 0.282. The number of hydrogen-bond donors (Lipinski definition) is 1. The van der Waals surface area contributed by atoms with Gasteiger partial charge in [0.05, 0.1) is 28.3 Å². The molecule has 10 heteroatoms. The predicted octanol–water partition coefficient (Wildman–Crippen LogP) is 6.90. The zero-order valence-corrected chi connectivity index (χ0v) is 22.7. The van der Waals surface area contributed by atoms with E-state index >= 15 is 4.39 Å². The molecule has 2 aromatic rings. The summed E-state index contributed by atoms with van der Waals surface area (Å²) in [6, 6.07) is 8.17. The Bertz CT molecular complexity index is 1300. The second-order valence-corrected chi connectivity index (χ2v) is 10.4. The molecule has 1 N–H and O–H groups in total. The van der Waals surface area contributed by atoms with Crippen molar-refractivity contribution in [2.45, 2.75) is 30.2 Å². The van der Waals surface area contributed by atoms with E-state index in [9.17, 15) is 8.78 Å². The number of anilines is 1. The first-order valence-corrected chi connectivity index (χ1v) is 13.5. The Morgan fingerprint density at radius 3 is 2.76 bits per heavy atom. The van der Waals surface area contributed by atoms with E-state index in [4.69, 9.17) is 16.6 Å². The summed E-state index contributed by atoms with van der Waals surface area (Å²) in [6.45, 7) is 1.94. The molecule has 4 rings (SSSR count). The van der Waals surface area contributed by atoms with Crippen LogP contribution in [0.2, 0.25) is 0 Å². The lowest BCUT2D eigenvalue weighted by Gasteiger charge is -2.27. The van der Waals surface area contributed by atoms with Gasteiger partial charge in [0, 0.05) is 25.0 Å². The summed E-state index contributed by atoms with van der Waals surface area (Å²) >= 11 is 7.08. The maximum atomic E-state index is 15.9. The molecule has 0 radical (unpaired) electrons. The highest BCUT2D eigenvalue weighted by Crippen LogP contribution is 2.30. The van der Waals surface area contributed by atoms with Crippen LogP contribution in [0.5, 0.6) is 0 Å². The molecule has 0 saturated carbocycles. The van der Waals surface area contributed by atoms with Crippen LogP contribution in [-0.4, -0.2) is 55.2 Å². The fourth-order valence-corrected chi connectivity index (χ4v) is 5.28. The first-order valence-electron chi connectivity index (χ1n) is 12.3. The van der Waals surface area contributed by atoms with Gasteiger partial charge in [0.25, 0.3) is 0 Å². The highest BCUT2D eigenvalue weighted by atomic mass is 35.5. The van der Waals surface area contributed by atoms with Crippen LogP contribution in [0.4, 0.5) is 18.9 Å². The smallest absolute Gasteiger partial charge is 0.156 e. The second-order valence-electron chi connectivity index (χ2n) is 9.13. The molecule has 0 aliphatic carbocycles. The van der Waals surface area contributed by atoms with E-state index in [2.05, 4.69) is 26.7 Å². The van der Waals surface area contributed by atoms with E-state index in [0.29, 0.717) is 17.3 Å². The Labute approximate surface area is 230 Å². The van der Waals surface area contributed by atoms with Gasteiger partial charge in [0.15, 0.2) is 5.82 Å². The minimum Gasteiger partial charge on any atom is -0.323 e. The van der Waals surface area contributed by atoms with E-state index in [1.54, 1.807) is 31.5 Å². The van der Waals surface area contributed by atoms with Gasteiger partial charge in [-0.1, -0.05) is 29.8 Å². The summed E-state index contributed by atoms with van der Waals surface area (Å²) in [5, 5.41) is 0.325. The molecule has 200 valence electrons. The fourth-order valence-electron chi connectivity index (χ4n) is 4.37. The Morgan fingerprint density at radius 2 is 2.00 bits per heavy atom. The van der Waals surface area contributed by atoms with Crippen LogP contribution < -0.4 is 4.72 Å². The van der Waals surface area contributed by atoms with Crippen LogP contribution in [0.25, 0.3) is 0 Å². The van der Waals surface area contributed by atoms with Crippen LogP contribution in [0.1, 0.15) is 24.8 Å². The maximum absolute atomic E-state index is 15.9. The van der Waals surface area contributed by atoms with Crippen LogP contribution in [0.15, 0.2) is 80.2 Å². The molecule has 1 fully saturated rings. The van der Waals surface area contributed by atoms with Crippen molar-refractivity contribution in [1.82, 2.24) is 4.90 Å². The molecular weight excluding hydrogens is 531 g/mol. The normalized spacial score (nSPS) is 18.3. The van der Waals surface area contributed by atoms with Gasteiger partial charge in [-0.25, -0.2) is 18.2 Å². The molecule has 5 nitrogen and oxygen atoms in total. The third-order valence-corrected chi connectivity index (χ3v) is 7.53. The molecular formula is C28H29ClF3N5S. The van der Waals surface area contributed by atoms with Gasteiger partial charge in [0.1, 0.15) is 16.8 Å². The van der Waals surface area contributed by atoms with Crippen LogP contribution >= 0.6 is 23.5 Å². The molecule has 0 spiro atoms. The van der Waals surface area contributed by atoms with E-state index in [-0.39, 0.29) is 22.2 Å². The molecule has 1 atom stereocenters. The molecule has 2 heterocycles. The highest BCUT2D eigenvalue weighted by molar-refractivity contribution is 8.00. The van der Waals surface area contributed by atoms with Crippen molar-refractivity contribution in [3.8, 4) is 0 Å². The Hall–Kier alpha value is -2.88. The predicted molar refractivity (Wildman–Crippen MR) is 152 cm³/mol. The first kappa shape index (κ1) is 28.1. The van der Waals surface area contributed by atoms with Gasteiger partial charge in [-0.05, 0) is 87.3 Å². The number of nitrogens with one attached hydrogen (secondary N) is 1. The van der Waals surface area contributed by atoms with Gasteiger partial charge < -0.3 is 9.62 Å². The molecule has 0 bridgehead atoms. The number of halogens is 4. The van der Waals surface area contributed by atoms with E-state index in [1.165, 1.54) is 6.07 Å². The summed E-state index contributed by atoms with van der Waals surface area (Å²) in [6.07, 6.45) is 9.61. The monoisotopic (exact) mass is 559 g/mol. The molecule has 2 aliphatic heterocycles. The number of hydrogen-bond acceptors (Lipinski definition) is 6. The van der Waals surface area contributed by atoms with Crippen LogP contribution in [0.3, 0.4) is 0 Å². The Morgan fingerprint density at radius 1 is 1.21 bits per heavy atom. The molecule has 38 heavy (non-hydrogen) atoms. The topological polar surface area (TPSA) is 52.4 Å². The highest BCUT2D eigenvalue weighted by Gasteiger charge is 2.25. The van der Waals surface area contributed by atoms with Crippen molar-refractivity contribution in [2.75, 3.05) is 31.9 Å². The number of piperidine rings is 1. The van der Waals surface area contributed by atoms with Crippen molar-refractivity contribution in [1.29, 1.82) is 0 Å². The summed E-state index contributed by atoms with van der Waals surface area (Å²) in [4.78, 5) is 15.8. The largest absolute Gasteiger partial charge is 0.323 e. The second kappa shape index (κ2) is 13.3. The minimum absolute atomic E-state index is 0.0200. The number of allylic oxidation sites excluding steroid dienone is 3. The lowest BCUT2D eigenvalue weighted by Crippen LogP contribution is -2.32. The lowest BCUT2D eigenvalue weighted by molar-refractivity contribution is 0.257. The molecule has 1 unspecified atom stereocenters. The number of nitrogens with zero attached hydrogens (tertiary/aromatic N) is 4. The van der Waals surface area contributed by atoms with Crippen molar-refractivity contribution in [3.05, 3.63) is 83.3 Å². The number of aliphatic imine (C=N–C) groups is 3. The number of likely N-dealkylation sites (tertiary alicyclic amines) is 1. The summed E-state index contributed by atoms with van der Waals surface area (Å²) in [5.41, 5.74) is 1.77. The van der Waals surface area contributed by atoms with Crippen LogP contribution in [0, 0.1) is 23.4 Å². The lowest BCUT2D eigenvalue weighted by atomic mass is 9.87. The summed E-state index contributed by atoms with van der Waals surface area (Å²) in [5.74, 6) is -2.18. The average Bonchev–Trinajstić information content (AvgIpc) is 3.13. The van der Waals surface area contributed by atoms with E-state index in [1.807, 2.05) is 12.3 Å². The maximum Gasteiger partial charge on any atom is 0.156 e. The Balaban J connectivity index is 1.65. The van der Waals surface area contributed by atoms with Crippen molar-refractivity contribution >= 4 is 46.3 Å². The van der Waals surface area contributed by atoms with Gasteiger partial charge in [0.2, 0.25) is 0 Å². The van der Waals surface area contributed by atoms with Gasteiger partial charge in [-0.15, -0.1) is 0 Å². The SMILES string of the molecule is CN=C(c1cccc(NSc2cc(F)ccc2F)c1F)C(C=NC1CCN(C)CC1)C1=CC(Cl)=NC=CC1. The van der Waals surface area contributed by atoms with Crippen molar-refractivity contribution in [2.24, 2.45) is 20.9 Å². The summed E-state index contributed by atoms with van der Waals surface area (Å²) in [7, 11) is 3.71. The van der Waals surface area contributed by atoms with Crippen molar-refractivity contribution < 1.29 is 13.2 Å². The number of benzene rings is 2. The van der Waals surface area contributed by atoms with E-state index in [0.717, 1.165) is 61.7 Å². The van der Waals surface area contributed by atoms with Gasteiger partial charge in [-0.2, -0.15) is 0 Å². The zero-order valence-electron chi connectivity index (χ0n) is 21.2. The number of rotatable bonds is 8. The molecule has 0 aromatic heterocycles.